The van der Waals surface area contributed by atoms with Gasteiger partial charge in [0.15, 0.2) is 0 Å². The molecular formula is C22H30N2O3. The zero-order valence-electron chi connectivity index (χ0n) is 15.9. The highest BCUT2D eigenvalue weighted by Crippen LogP contribution is 2.60. The molecule has 3 N–H and O–H groups in total. The average molecular weight is 370 g/mol. The first kappa shape index (κ1) is 18.5. The van der Waals surface area contributed by atoms with Gasteiger partial charge in [-0.2, -0.15) is 0 Å². The molecule has 0 unspecified atom stereocenters. The summed E-state index contributed by atoms with van der Waals surface area (Å²) in [6.45, 7) is 0.518. The Bertz CT molecular complexity index is 663. The average Bonchev–Trinajstić information content (AvgIpc) is 2.62. The van der Waals surface area contributed by atoms with Crippen LogP contribution in [-0.2, 0) is 16.0 Å². The van der Waals surface area contributed by atoms with E-state index < -0.39 is 0 Å². The van der Waals surface area contributed by atoms with Crippen molar-refractivity contribution in [3.05, 3.63) is 29.8 Å². The van der Waals surface area contributed by atoms with E-state index in [-0.39, 0.29) is 30.3 Å². The van der Waals surface area contributed by atoms with Gasteiger partial charge in [0.25, 0.3) is 0 Å². The third-order valence-electron chi connectivity index (χ3n) is 6.80. The molecule has 146 valence electrons. The Morgan fingerprint density at radius 2 is 1.59 bits per heavy atom. The third-order valence-corrected chi connectivity index (χ3v) is 6.80. The molecule has 4 saturated carbocycles. The van der Waals surface area contributed by atoms with E-state index in [2.05, 4.69) is 10.6 Å². The topological polar surface area (TPSA) is 78.4 Å². The minimum Gasteiger partial charge on any atom is -0.396 e. The number of rotatable bonds is 7. The molecule has 0 spiro atoms. The lowest BCUT2D eigenvalue weighted by Gasteiger charge is -2.55. The molecular weight excluding hydrogens is 340 g/mol. The molecule has 0 atom stereocenters. The quantitative estimate of drug-likeness (QED) is 0.691. The number of anilines is 1. The molecule has 0 radical (unpaired) electrons. The molecule has 0 heterocycles. The molecule has 0 aliphatic heterocycles. The highest BCUT2D eigenvalue weighted by atomic mass is 16.3. The number of carbonyl (C=O) groups is 2. The molecule has 5 heteroatoms. The van der Waals surface area contributed by atoms with E-state index in [1.807, 2.05) is 24.3 Å². The first-order chi connectivity index (χ1) is 13.1. The predicted molar refractivity (Wildman–Crippen MR) is 104 cm³/mol. The highest BCUT2D eigenvalue weighted by Gasteiger charge is 2.54. The van der Waals surface area contributed by atoms with Crippen LogP contribution in [0.1, 0.15) is 50.5 Å². The second kappa shape index (κ2) is 7.63. The molecule has 4 bridgehead atoms. The summed E-state index contributed by atoms with van der Waals surface area (Å²) >= 11 is 0. The van der Waals surface area contributed by atoms with Gasteiger partial charge in [0.1, 0.15) is 0 Å². The molecule has 4 aliphatic carbocycles. The maximum Gasteiger partial charge on any atom is 0.226 e. The number of hydrogen-bond donors (Lipinski definition) is 3. The first-order valence-electron chi connectivity index (χ1n) is 10.3. The predicted octanol–water partition coefficient (Wildman–Crippen LogP) is 2.88. The summed E-state index contributed by atoms with van der Waals surface area (Å²) in [7, 11) is 0. The first-order valence-corrected chi connectivity index (χ1v) is 10.3. The number of aliphatic hydroxyl groups excluding tert-OH is 1. The summed E-state index contributed by atoms with van der Waals surface area (Å²) < 4.78 is 0. The van der Waals surface area contributed by atoms with Crippen LogP contribution in [-0.4, -0.2) is 30.1 Å². The Labute approximate surface area is 160 Å². The minimum absolute atomic E-state index is 0.0873. The second-order valence-electron chi connectivity index (χ2n) is 8.92. The summed E-state index contributed by atoms with van der Waals surface area (Å²) in [5.74, 6) is 2.34. The van der Waals surface area contributed by atoms with Crippen LogP contribution in [0, 0.1) is 23.2 Å². The highest BCUT2D eigenvalue weighted by molar-refractivity contribution is 5.91. The van der Waals surface area contributed by atoms with Crippen LogP contribution in [0.15, 0.2) is 24.3 Å². The van der Waals surface area contributed by atoms with Crippen LogP contribution < -0.4 is 10.6 Å². The summed E-state index contributed by atoms with van der Waals surface area (Å²) in [5, 5.41) is 14.9. The van der Waals surface area contributed by atoms with E-state index in [0.29, 0.717) is 13.0 Å². The number of benzene rings is 1. The number of aliphatic hydroxyl groups is 1. The van der Waals surface area contributed by atoms with Crippen molar-refractivity contribution >= 4 is 17.5 Å². The van der Waals surface area contributed by atoms with Gasteiger partial charge >= 0.3 is 0 Å². The maximum absolute atomic E-state index is 12.9. The van der Waals surface area contributed by atoms with Crippen LogP contribution in [0.3, 0.4) is 0 Å². The Kier molecular flexibility index (Phi) is 5.22. The van der Waals surface area contributed by atoms with Crippen LogP contribution in [0.4, 0.5) is 5.69 Å². The number of amides is 2. The van der Waals surface area contributed by atoms with Gasteiger partial charge in [-0.25, -0.2) is 0 Å². The normalized spacial score (nSPS) is 30.9. The second-order valence-corrected chi connectivity index (χ2v) is 8.92. The zero-order valence-corrected chi connectivity index (χ0v) is 15.9. The fourth-order valence-corrected chi connectivity index (χ4v) is 5.97. The van der Waals surface area contributed by atoms with E-state index in [1.54, 1.807) is 0 Å². The van der Waals surface area contributed by atoms with Crippen LogP contribution >= 0.6 is 0 Å². The summed E-state index contributed by atoms with van der Waals surface area (Å²) in [6, 6.07) is 7.50. The molecule has 27 heavy (non-hydrogen) atoms. The number of hydrogen-bond acceptors (Lipinski definition) is 3. The van der Waals surface area contributed by atoms with Gasteiger partial charge in [0.05, 0.1) is 0 Å². The number of carbonyl (C=O) groups excluding carboxylic acids is 2. The molecule has 5 rings (SSSR count). The Morgan fingerprint density at radius 3 is 2.15 bits per heavy atom. The van der Waals surface area contributed by atoms with E-state index in [1.165, 1.54) is 19.3 Å². The van der Waals surface area contributed by atoms with E-state index >= 15 is 0 Å². The van der Waals surface area contributed by atoms with Crippen molar-refractivity contribution in [1.29, 1.82) is 0 Å². The smallest absolute Gasteiger partial charge is 0.226 e. The SMILES string of the molecule is O=C(CCNC(=O)C12CC3CC(CC(C3)C1)C2)Nc1ccc(CCO)cc1. The molecule has 1 aromatic carbocycles. The molecule has 1 aromatic rings. The monoisotopic (exact) mass is 370 g/mol. The Balaban J connectivity index is 1.23. The van der Waals surface area contributed by atoms with Gasteiger partial charge < -0.3 is 15.7 Å². The molecule has 0 aromatic heterocycles. The molecule has 5 nitrogen and oxygen atoms in total. The van der Waals surface area contributed by atoms with E-state index in [0.717, 1.165) is 48.3 Å². The van der Waals surface area contributed by atoms with Crippen LogP contribution in [0.25, 0.3) is 0 Å². The fraction of sp³-hybridized carbons (Fsp3) is 0.636. The summed E-state index contributed by atoms with van der Waals surface area (Å²) in [4.78, 5) is 25.0. The molecule has 0 saturated heterocycles. The largest absolute Gasteiger partial charge is 0.396 e. The van der Waals surface area contributed by atoms with Crippen molar-refractivity contribution in [2.24, 2.45) is 23.2 Å². The van der Waals surface area contributed by atoms with Gasteiger partial charge in [-0.15, -0.1) is 0 Å². The van der Waals surface area contributed by atoms with Gasteiger partial charge in [0, 0.05) is 30.7 Å². The molecule has 4 fully saturated rings. The number of nitrogens with one attached hydrogen (secondary N) is 2. The van der Waals surface area contributed by atoms with Crippen molar-refractivity contribution < 1.29 is 14.7 Å². The van der Waals surface area contributed by atoms with Crippen molar-refractivity contribution in [3.63, 3.8) is 0 Å². The van der Waals surface area contributed by atoms with Crippen LogP contribution in [0.5, 0.6) is 0 Å². The van der Waals surface area contributed by atoms with E-state index in [9.17, 15) is 9.59 Å². The Morgan fingerprint density at radius 1 is 1.00 bits per heavy atom. The molecule has 2 amide bonds. The van der Waals surface area contributed by atoms with Crippen LogP contribution in [0.2, 0.25) is 0 Å². The third kappa shape index (κ3) is 4.03. The van der Waals surface area contributed by atoms with Crippen molar-refractivity contribution in [2.45, 2.75) is 51.4 Å². The van der Waals surface area contributed by atoms with Crippen molar-refractivity contribution in [2.75, 3.05) is 18.5 Å². The van der Waals surface area contributed by atoms with Gasteiger partial charge in [-0.1, -0.05) is 12.1 Å². The lowest BCUT2D eigenvalue weighted by atomic mass is 9.49. The minimum atomic E-state index is -0.145. The standard InChI is InChI=1S/C22H30N2O3/c25-8-6-15-1-3-19(4-2-15)24-20(26)5-7-23-21(27)22-12-16-9-17(13-22)11-18(10-16)14-22/h1-4,16-18,25H,5-14H2,(H,23,27)(H,24,26). The lowest BCUT2D eigenvalue weighted by Crippen LogP contribution is -2.53. The summed E-state index contributed by atoms with van der Waals surface area (Å²) in [5.41, 5.74) is 1.64. The summed E-state index contributed by atoms with van der Waals surface area (Å²) in [6.07, 6.45) is 8.04. The van der Waals surface area contributed by atoms with Gasteiger partial charge in [-0.3, -0.25) is 9.59 Å². The zero-order chi connectivity index (χ0) is 18.9. The lowest BCUT2D eigenvalue weighted by molar-refractivity contribution is -0.146. The van der Waals surface area contributed by atoms with E-state index in [4.69, 9.17) is 5.11 Å². The van der Waals surface area contributed by atoms with Crippen molar-refractivity contribution in [1.82, 2.24) is 5.32 Å². The van der Waals surface area contributed by atoms with Gasteiger partial charge in [0.2, 0.25) is 11.8 Å². The van der Waals surface area contributed by atoms with Gasteiger partial charge in [-0.05, 0) is 80.4 Å². The molecule has 4 aliphatic rings. The maximum atomic E-state index is 12.9. The fourth-order valence-electron chi connectivity index (χ4n) is 5.97. The Hall–Kier alpha value is -1.88. The van der Waals surface area contributed by atoms with Crippen molar-refractivity contribution in [3.8, 4) is 0 Å².